The number of rotatable bonds is 6. The molecule has 142 valence electrons. The smallest absolute Gasteiger partial charge is 0.160 e. The molecular formula is C21H27N5O. The van der Waals surface area contributed by atoms with E-state index in [-0.39, 0.29) is 0 Å². The number of hydrogen-bond acceptors (Lipinski definition) is 5. The minimum Gasteiger partial charge on any atom is -0.378 e. The van der Waals surface area contributed by atoms with Crippen LogP contribution in [0, 0.1) is 17.8 Å². The van der Waals surface area contributed by atoms with Crippen LogP contribution in [0.2, 0.25) is 0 Å². The molecule has 2 N–H and O–H groups in total. The molecule has 3 atom stereocenters. The largest absolute Gasteiger partial charge is 0.378 e. The summed E-state index contributed by atoms with van der Waals surface area (Å²) in [5, 5.41) is 11.5. The van der Waals surface area contributed by atoms with Crippen LogP contribution in [0.5, 0.6) is 0 Å². The highest BCUT2D eigenvalue weighted by atomic mass is 16.5. The second-order valence-corrected chi connectivity index (χ2v) is 8.18. The quantitative estimate of drug-likeness (QED) is 0.813. The van der Waals surface area contributed by atoms with Crippen molar-refractivity contribution in [2.24, 2.45) is 17.8 Å². The minimum absolute atomic E-state index is 0.422. The maximum Gasteiger partial charge on any atom is 0.160 e. The zero-order valence-corrected chi connectivity index (χ0v) is 15.6. The number of H-pyrrole nitrogens is 1. The van der Waals surface area contributed by atoms with Gasteiger partial charge in [0.25, 0.3) is 0 Å². The summed E-state index contributed by atoms with van der Waals surface area (Å²) < 4.78 is 6.27. The predicted octanol–water partition coefficient (Wildman–Crippen LogP) is 3.86. The number of aromatic amines is 1. The Kier molecular flexibility index (Phi) is 4.66. The highest BCUT2D eigenvalue weighted by molar-refractivity contribution is 5.85. The van der Waals surface area contributed by atoms with E-state index in [1.54, 1.807) is 12.5 Å². The van der Waals surface area contributed by atoms with Crippen molar-refractivity contribution in [2.45, 2.75) is 50.7 Å². The first-order valence-electron chi connectivity index (χ1n) is 10.2. The molecule has 3 aliphatic carbocycles. The van der Waals surface area contributed by atoms with Crippen molar-refractivity contribution in [1.82, 2.24) is 20.2 Å². The molecule has 5 rings (SSSR count). The molecule has 2 heterocycles. The van der Waals surface area contributed by atoms with Crippen LogP contribution in [0.3, 0.4) is 0 Å². The zero-order valence-electron chi connectivity index (χ0n) is 15.6. The summed E-state index contributed by atoms with van der Waals surface area (Å²) in [4.78, 5) is 8.59. The molecule has 1 unspecified atom stereocenters. The van der Waals surface area contributed by atoms with Gasteiger partial charge in [-0.1, -0.05) is 24.3 Å². The van der Waals surface area contributed by atoms with Gasteiger partial charge in [0, 0.05) is 6.04 Å². The summed E-state index contributed by atoms with van der Waals surface area (Å²) in [6.07, 6.45) is 19.9. The number of fused-ring (bicyclic) bond motifs is 1. The zero-order chi connectivity index (χ0) is 18.1. The van der Waals surface area contributed by atoms with E-state index in [1.165, 1.54) is 12.8 Å². The molecule has 0 bridgehead atoms. The number of anilines is 1. The molecule has 2 aromatic heterocycles. The molecule has 6 heteroatoms. The number of aromatic nitrogens is 4. The lowest BCUT2D eigenvalue weighted by molar-refractivity contribution is 0.0176. The van der Waals surface area contributed by atoms with Gasteiger partial charge in [-0.3, -0.25) is 5.10 Å². The first kappa shape index (κ1) is 16.9. The third-order valence-electron chi connectivity index (χ3n) is 6.35. The first-order valence-corrected chi connectivity index (χ1v) is 10.2. The first-order chi connectivity index (χ1) is 13.4. The molecule has 2 fully saturated rings. The molecule has 0 spiro atoms. The lowest BCUT2D eigenvalue weighted by Crippen LogP contribution is -2.30. The molecular weight excluding hydrogens is 338 g/mol. The maximum absolute atomic E-state index is 6.27. The molecule has 0 saturated heterocycles. The van der Waals surface area contributed by atoms with E-state index in [9.17, 15) is 0 Å². The Labute approximate surface area is 159 Å². The van der Waals surface area contributed by atoms with Gasteiger partial charge in [0.15, 0.2) is 5.65 Å². The van der Waals surface area contributed by atoms with Gasteiger partial charge in [-0.15, -0.1) is 0 Å². The van der Waals surface area contributed by atoms with Gasteiger partial charge < -0.3 is 10.1 Å². The minimum atomic E-state index is 0.422. The van der Waals surface area contributed by atoms with E-state index >= 15 is 0 Å². The van der Waals surface area contributed by atoms with Gasteiger partial charge in [0.05, 0.1) is 24.3 Å². The number of allylic oxidation sites excluding steroid dienone is 4. The maximum atomic E-state index is 6.27. The lowest BCUT2D eigenvalue weighted by atomic mass is 9.92. The Hall–Kier alpha value is -2.21. The second-order valence-electron chi connectivity index (χ2n) is 8.18. The van der Waals surface area contributed by atoms with Gasteiger partial charge in [-0.25, -0.2) is 9.97 Å². The summed E-state index contributed by atoms with van der Waals surface area (Å²) in [5.41, 5.74) is 0.784. The van der Waals surface area contributed by atoms with Gasteiger partial charge in [-0.05, 0) is 56.3 Å². The third kappa shape index (κ3) is 3.76. The SMILES string of the molecule is C1=CC[C@@H](C2C[C@@H]2CO[C@H]2CC[C@H](Nc3ncnc4[nH]ncc34)CC2)C=C1. The lowest BCUT2D eigenvalue weighted by Gasteiger charge is -2.29. The van der Waals surface area contributed by atoms with Gasteiger partial charge in [-0.2, -0.15) is 5.10 Å². The van der Waals surface area contributed by atoms with Crippen molar-refractivity contribution in [3.05, 3.63) is 36.8 Å². The van der Waals surface area contributed by atoms with Crippen LogP contribution in [0.1, 0.15) is 38.5 Å². The normalized spacial score (nSPS) is 32.7. The van der Waals surface area contributed by atoms with Gasteiger partial charge in [0.1, 0.15) is 12.1 Å². The fourth-order valence-corrected chi connectivity index (χ4v) is 4.61. The molecule has 2 saturated carbocycles. The predicted molar refractivity (Wildman–Crippen MR) is 105 cm³/mol. The summed E-state index contributed by atoms with van der Waals surface area (Å²) in [6, 6.07) is 0.450. The fourth-order valence-electron chi connectivity index (χ4n) is 4.61. The van der Waals surface area contributed by atoms with Gasteiger partial charge >= 0.3 is 0 Å². The Balaban J connectivity index is 1.06. The molecule has 3 aliphatic rings. The number of nitrogens with one attached hydrogen (secondary N) is 2. The highest BCUT2D eigenvalue weighted by Crippen LogP contribution is 2.47. The fraction of sp³-hybridized carbons (Fsp3) is 0.571. The van der Waals surface area contributed by atoms with Crippen molar-refractivity contribution in [3.8, 4) is 0 Å². The summed E-state index contributed by atoms with van der Waals surface area (Å²) in [5.74, 6) is 3.25. The molecule has 2 aromatic rings. The van der Waals surface area contributed by atoms with Crippen LogP contribution in [-0.2, 0) is 4.74 Å². The van der Waals surface area contributed by atoms with Crippen molar-refractivity contribution in [1.29, 1.82) is 0 Å². The van der Waals surface area contributed by atoms with E-state index in [2.05, 4.69) is 49.8 Å². The monoisotopic (exact) mass is 365 g/mol. The van der Waals surface area contributed by atoms with Gasteiger partial charge in [0.2, 0.25) is 0 Å². The van der Waals surface area contributed by atoms with E-state index < -0.39 is 0 Å². The van der Waals surface area contributed by atoms with Crippen LogP contribution in [0.4, 0.5) is 5.82 Å². The Bertz CT molecular complexity index is 836. The molecule has 0 aromatic carbocycles. The number of ether oxygens (including phenoxy) is 1. The summed E-state index contributed by atoms with van der Waals surface area (Å²) >= 11 is 0. The van der Waals surface area contributed by atoms with E-state index in [1.807, 2.05) is 0 Å². The Morgan fingerprint density at radius 2 is 2.07 bits per heavy atom. The second kappa shape index (κ2) is 7.43. The number of hydrogen-bond donors (Lipinski definition) is 2. The van der Waals surface area contributed by atoms with Crippen molar-refractivity contribution < 1.29 is 4.74 Å². The third-order valence-corrected chi connectivity index (χ3v) is 6.35. The van der Waals surface area contributed by atoms with E-state index in [4.69, 9.17) is 4.74 Å². The molecule has 27 heavy (non-hydrogen) atoms. The summed E-state index contributed by atoms with van der Waals surface area (Å²) in [7, 11) is 0. The standard InChI is InChI=1S/C21H27N5O/c1-2-4-14(5-3-1)18-10-15(18)12-27-17-8-6-16(7-9-17)25-20-19-11-24-26-21(19)23-13-22-20/h1-4,11,13-18H,5-10,12H2,(H2,22,23,24,25,26)/t14-,15+,16-,17-,18?/m0/s1. The van der Waals surface area contributed by atoms with Crippen LogP contribution >= 0.6 is 0 Å². The average molecular weight is 365 g/mol. The van der Waals surface area contributed by atoms with Crippen LogP contribution in [-0.4, -0.2) is 38.9 Å². The van der Waals surface area contributed by atoms with Crippen LogP contribution < -0.4 is 5.32 Å². The van der Waals surface area contributed by atoms with Crippen molar-refractivity contribution in [3.63, 3.8) is 0 Å². The van der Waals surface area contributed by atoms with Crippen LogP contribution in [0.15, 0.2) is 36.8 Å². The van der Waals surface area contributed by atoms with E-state index in [0.29, 0.717) is 12.1 Å². The Morgan fingerprint density at radius 1 is 1.15 bits per heavy atom. The summed E-state index contributed by atoms with van der Waals surface area (Å²) in [6.45, 7) is 0.947. The van der Waals surface area contributed by atoms with E-state index in [0.717, 1.165) is 66.9 Å². The van der Waals surface area contributed by atoms with Crippen LogP contribution in [0.25, 0.3) is 11.0 Å². The molecule has 0 amide bonds. The molecule has 0 aliphatic heterocycles. The average Bonchev–Trinajstić information content (AvgIpc) is 3.34. The van der Waals surface area contributed by atoms with Crippen molar-refractivity contribution >= 4 is 16.9 Å². The molecule has 6 nitrogen and oxygen atoms in total. The Morgan fingerprint density at radius 3 is 2.93 bits per heavy atom. The highest BCUT2D eigenvalue weighted by Gasteiger charge is 2.42. The van der Waals surface area contributed by atoms with Crippen molar-refractivity contribution in [2.75, 3.05) is 11.9 Å². The topological polar surface area (TPSA) is 75.7 Å². The molecule has 0 radical (unpaired) electrons. The number of nitrogens with zero attached hydrogens (tertiary/aromatic N) is 3.